The summed E-state index contributed by atoms with van der Waals surface area (Å²) in [6, 6.07) is 11.0. The number of nitrogens with one attached hydrogen (secondary N) is 1. The maximum absolute atomic E-state index is 10.9. The molecular formula is C19H14Cl2N4O2S. The van der Waals surface area contributed by atoms with Crippen LogP contribution >= 0.6 is 35.0 Å². The van der Waals surface area contributed by atoms with Crippen molar-refractivity contribution in [1.29, 1.82) is 0 Å². The van der Waals surface area contributed by atoms with Crippen molar-refractivity contribution >= 4 is 46.7 Å². The fourth-order valence-electron chi connectivity index (χ4n) is 3.29. The number of methoxy groups -OCH3 is 1. The van der Waals surface area contributed by atoms with E-state index in [0.29, 0.717) is 26.6 Å². The molecule has 2 N–H and O–H groups in total. The van der Waals surface area contributed by atoms with Gasteiger partial charge >= 0.3 is 0 Å². The van der Waals surface area contributed by atoms with Gasteiger partial charge in [0.25, 0.3) is 0 Å². The molecule has 0 amide bonds. The zero-order valence-electron chi connectivity index (χ0n) is 14.6. The van der Waals surface area contributed by atoms with Gasteiger partial charge in [0, 0.05) is 27.4 Å². The lowest BCUT2D eigenvalue weighted by Crippen LogP contribution is -2.32. The van der Waals surface area contributed by atoms with E-state index in [9.17, 15) is 5.11 Å². The molecular weight excluding hydrogens is 419 g/mol. The Bertz CT molecular complexity index is 1130. The third-order valence-electron chi connectivity index (χ3n) is 4.70. The lowest BCUT2D eigenvalue weighted by Gasteiger charge is -2.33. The van der Waals surface area contributed by atoms with Crippen molar-refractivity contribution in [3.63, 3.8) is 0 Å². The van der Waals surface area contributed by atoms with Crippen LogP contribution in [-0.2, 0) is 0 Å². The molecule has 5 rings (SSSR count). The van der Waals surface area contributed by atoms with Gasteiger partial charge in [0.15, 0.2) is 17.2 Å². The second-order valence-corrected chi connectivity index (χ2v) is 8.32. The Balaban J connectivity index is 1.55. The van der Waals surface area contributed by atoms with Gasteiger partial charge in [-0.25, -0.2) is 9.67 Å². The van der Waals surface area contributed by atoms with Gasteiger partial charge in [-0.2, -0.15) is 0 Å². The van der Waals surface area contributed by atoms with Crippen molar-refractivity contribution in [2.75, 3.05) is 12.4 Å². The van der Waals surface area contributed by atoms with E-state index in [0.717, 1.165) is 22.6 Å². The zero-order valence-corrected chi connectivity index (χ0v) is 16.9. The number of ether oxygens (including phenoxy) is 1. The monoisotopic (exact) mass is 432 g/mol. The molecule has 2 aromatic carbocycles. The molecule has 0 unspecified atom stereocenters. The third-order valence-corrected chi connectivity index (χ3v) is 6.36. The molecule has 3 heterocycles. The summed E-state index contributed by atoms with van der Waals surface area (Å²) in [5, 5.41) is 20.3. The minimum Gasteiger partial charge on any atom is -0.497 e. The molecule has 2 aliphatic heterocycles. The first kappa shape index (κ1) is 17.9. The molecule has 2 atom stereocenters. The molecule has 0 spiro atoms. The van der Waals surface area contributed by atoms with E-state index in [1.165, 1.54) is 16.4 Å². The van der Waals surface area contributed by atoms with Crippen LogP contribution in [0.2, 0.25) is 10.0 Å². The first-order chi connectivity index (χ1) is 13.5. The van der Waals surface area contributed by atoms with Gasteiger partial charge in [-0.3, -0.25) is 0 Å². The Kier molecular flexibility index (Phi) is 4.28. The Morgan fingerprint density at radius 1 is 1.21 bits per heavy atom. The van der Waals surface area contributed by atoms with Crippen LogP contribution in [0.5, 0.6) is 5.75 Å². The minimum atomic E-state index is -0.930. The van der Waals surface area contributed by atoms with Crippen LogP contribution in [0.15, 0.2) is 47.1 Å². The highest BCUT2D eigenvalue weighted by molar-refractivity contribution is 8.00. The van der Waals surface area contributed by atoms with Gasteiger partial charge in [0.2, 0.25) is 0 Å². The number of rotatable bonds is 2. The number of hydrogen-bond donors (Lipinski definition) is 2. The Morgan fingerprint density at radius 2 is 2.07 bits per heavy atom. The highest BCUT2D eigenvalue weighted by Gasteiger charge is 2.36. The maximum atomic E-state index is 10.9. The van der Waals surface area contributed by atoms with Crippen LogP contribution < -0.4 is 10.1 Å². The highest BCUT2D eigenvalue weighted by atomic mass is 35.5. The lowest BCUT2D eigenvalue weighted by atomic mass is 10.0. The summed E-state index contributed by atoms with van der Waals surface area (Å²) in [6.45, 7) is 0. The van der Waals surface area contributed by atoms with Crippen molar-refractivity contribution in [3.8, 4) is 17.1 Å². The summed E-state index contributed by atoms with van der Waals surface area (Å²) in [7, 11) is 1.63. The molecule has 6 nitrogen and oxygen atoms in total. The molecule has 0 saturated heterocycles. The number of halogens is 2. The molecule has 0 bridgehead atoms. The van der Waals surface area contributed by atoms with Gasteiger partial charge < -0.3 is 15.2 Å². The van der Waals surface area contributed by atoms with E-state index in [4.69, 9.17) is 27.9 Å². The normalized spacial score (nSPS) is 19.8. The fourth-order valence-corrected chi connectivity index (χ4v) is 4.89. The Hall–Kier alpha value is -2.19. The SMILES string of the molecule is COc1ccc2c(c1)C=C1[C@H](N2)Sc2nc(-c3ccc(Cl)cc3Cl)nn2[C@H]1O. The number of anilines is 1. The van der Waals surface area contributed by atoms with Crippen molar-refractivity contribution < 1.29 is 9.84 Å². The second kappa shape index (κ2) is 6.70. The molecule has 3 aromatic rings. The van der Waals surface area contributed by atoms with Crippen LogP contribution in [-0.4, -0.2) is 32.4 Å². The average molecular weight is 433 g/mol. The van der Waals surface area contributed by atoms with Crippen LogP contribution in [0.3, 0.4) is 0 Å². The minimum absolute atomic E-state index is 0.138. The number of hydrogen-bond acceptors (Lipinski definition) is 6. The van der Waals surface area contributed by atoms with E-state index in [-0.39, 0.29) is 5.37 Å². The zero-order chi connectivity index (χ0) is 19.4. The molecule has 0 saturated carbocycles. The first-order valence-electron chi connectivity index (χ1n) is 8.46. The first-order valence-corrected chi connectivity index (χ1v) is 10.1. The molecule has 0 radical (unpaired) electrons. The van der Waals surface area contributed by atoms with Gasteiger partial charge in [-0.1, -0.05) is 35.0 Å². The highest BCUT2D eigenvalue weighted by Crippen LogP contribution is 2.44. The average Bonchev–Trinajstić information content (AvgIpc) is 3.10. The maximum Gasteiger partial charge on any atom is 0.191 e. The molecule has 1 aromatic heterocycles. The van der Waals surface area contributed by atoms with Crippen molar-refractivity contribution in [2.24, 2.45) is 0 Å². The molecule has 0 fully saturated rings. The standard InChI is InChI=1S/C19H14Cl2N4O2S/c1-27-11-3-5-15-9(6-11)7-13-17(22-15)28-19-23-16(24-25(19)18(13)26)12-4-2-10(20)8-14(12)21/h2-8,17-18,22,26H,1H3/t17-,18+/m1/s1. The number of benzene rings is 2. The van der Waals surface area contributed by atoms with Crippen LogP contribution in [0, 0.1) is 0 Å². The van der Waals surface area contributed by atoms with Gasteiger partial charge in [0.05, 0.1) is 12.1 Å². The van der Waals surface area contributed by atoms with E-state index in [1.54, 1.807) is 25.3 Å². The van der Waals surface area contributed by atoms with Crippen molar-refractivity contribution in [1.82, 2.24) is 14.8 Å². The largest absolute Gasteiger partial charge is 0.497 e. The van der Waals surface area contributed by atoms with Crippen molar-refractivity contribution in [2.45, 2.75) is 16.8 Å². The van der Waals surface area contributed by atoms with E-state index in [1.807, 2.05) is 24.3 Å². The number of aliphatic hydroxyl groups is 1. The number of aliphatic hydroxyl groups excluding tert-OH is 1. The summed E-state index contributed by atoms with van der Waals surface area (Å²) >= 11 is 13.8. The molecule has 28 heavy (non-hydrogen) atoms. The number of aromatic nitrogens is 3. The number of fused-ring (bicyclic) bond motifs is 3. The quantitative estimate of drug-likeness (QED) is 0.611. The van der Waals surface area contributed by atoms with Crippen molar-refractivity contribution in [3.05, 3.63) is 57.6 Å². The molecule has 2 aliphatic rings. The predicted molar refractivity (Wildman–Crippen MR) is 111 cm³/mol. The van der Waals surface area contributed by atoms with E-state index >= 15 is 0 Å². The molecule has 142 valence electrons. The number of nitrogens with zero attached hydrogens (tertiary/aromatic N) is 3. The summed E-state index contributed by atoms with van der Waals surface area (Å²) in [5.74, 6) is 1.21. The van der Waals surface area contributed by atoms with Crippen LogP contribution in [0.4, 0.5) is 5.69 Å². The summed E-state index contributed by atoms with van der Waals surface area (Å²) < 4.78 is 6.81. The smallest absolute Gasteiger partial charge is 0.191 e. The Labute approximate surface area is 175 Å². The van der Waals surface area contributed by atoms with E-state index in [2.05, 4.69) is 15.4 Å². The van der Waals surface area contributed by atoms with Crippen LogP contribution in [0.25, 0.3) is 17.5 Å². The second-order valence-electron chi connectivity index (χ2n) is 6.40. The molecule has 0 aliphatic carbocycles. The van der Waals surface area contributed by atoms with Gasteiger partial charge in [-0.15, -0.1) is 5.10 Å². The lowest BCUT2D eigenvalue weighted by molar-refractivity contribution is 0.113. The summed E-state index contributed by atoms with van der Waals surface area (Å²) in [6.07, 6.45) is 1.04. The summed E-state index contributed by atoms with van der Waals surface area (Å²) in [4.78, 5) is 4.58. The molecule has 9 heteroatoms. The fraction of sp³-hybridized carbons (Fsp3) is 0.158. The predicted octanol–water partition coefficient (Wildman–Crippen LogP) is 4.69. The van der Waals surface area contributed by atoms with Crippen LogP contribution in [0.1, 0.15) is 11.8 Å². The summed E-state index contributed by atoms with van der Waals surface area (Å²) in [5.41, 5.74) is 3.40. The third kappa shape index (κ3) is 2.86. The van der Waals surface area contributed by atoms with Gasteiger partial charge in [0.1, 0.15) is 11.1 Å². The topological polar surface area (TPSA) is 72.2 Å². The van der Waals surface area contributed by atoms with E-state index < -0.39 is 6.23 Å². The van der Waals surface area contributed by atoms with Gasteiger partial charge in [-0.05, 0) is 42.5 Å². The Morgan fingerprint density at radius 3 is 2.86 bits per heavy atom. The number of thioether (sulfide) groups is 1.